The zero-order valence-electron chi connectivity index (χ0n) is 21.4. The summed E-state index contributed by atoms with van der Waals surface area (Å²) in [4.78, 5) is 28.4. The van der Waals surface area contributed by atoms with E-state index < -0.39 is 16.1 Å². The zero-order valence-corrected chi connectivity index (χ0v) is 22.3. The molecule has 196 valence electrons. The maximum absolute atomic E-state index is 13.5. The second kappa shape index (κ2) is 13.4. The molecule has 0 heterocycles. The first kappa shape index (κ1) is 27.7. The number of nitrogens with one attached hydrogen (secondary N) is 1. The smallest absolute Gasteiger partial charge is 0.243 e. The minimum Gasteiger partial charge on any atom is -0.352 e. The molecular formula is C28H39N3O4S. The molecule has 3 rings (SSSR count). The minimum atomic E-state index is -3.49. The second-order valence-corrected chi connectivity index (χ2v) is 11.5. The van der Waals surface area contributed by atoms with E-state index in [2.05, 4.69) is 5.32 Å². The molecule has 2 amide bonds. The first-order valence-electron chi connectivity index (χ1n) is 13.0. The van der Waals surface area contributed by atoms with Crippen molar-refractivity contribution in [3.05, 3.63) is 66.2 Å². The summed E-state index contributed by atoms with van der Waals surface area (Å²) < 4.78 is 26.1. The van der Waals surface area contributed by atoms with Gasteiger partial charge in [0, 0.05) is 25.6 Å². The number of hydrogen-bond acceptors (Lipinski definition) is 4. The van der Waals surface area contributed by atoms with Crippen LogP contribution in [-0.4, -0.2) is 50.0 Å². The van der Waals surface area contributed by atoms with E-state index in [0.29, 0.717) is 25.1 Å². The first-order chi connectivity index (χ1) is 17.3. The third-order valence-corrected chi connectivity index (χ3v) is 7.92. The molecule has 0 radical (unpaired) electrons. The summed E-state index contributed by atoms with van der Waals surface area (Å²) in [6, 6.07) is 18.2. The van der Waals surface area contributed by atoms with Gasteiger partial charge < -0.3 is 10.2 Å². The average Bonchev–Trinajstić information content (AvgIpc) is 2.87. The Balaban J connectivity index is 1.72. The number of para-hydroxylation sites is 1. The summed E-state index contributed by atoms with van der Waals surface area (Å²) in [5.41, 5.74) is 1.53. The number of anilines is 1. The Labute approximate surface area is 215 Å². The van der Waals surface area contributed by atoms with Crippen molar-refractivity contribution in [2.24, 2.45) is 0 Å². The quantitative estimate of drug-likeness (QED) is 0.453. The number of carbonyl (C=O) groups is 2. The molecule has 1 saturated carbocycles. The monoisotopic (exact) mass is 513 g/mol. The van der Waals surface area contributed by atoms with Crippen molar-refractivity contribution in [3.8, 4) is 0 Å². The number of carbonyl (C=O) groups excluding carboxylic acids is 2. The molecule has 8 heteroatoms. The highest BCUT2D eigenvalue weighted by Crippen LogP contribution is 2.21. The van der Waals surface area contributed by atoms with Gasteiger partial charge in [0.25, 0.3) is 0 Å². The molecule has 1 atom stereocenters. The van der Waals surface area contributed by atoms with Crippen molar-refractivity contribution in [2.75, 3.05) is 17.1 Å². The first-order valence-corrected chi connectivity index (χ1v) is 14.8. The largest absolute Gasteiger partial charge is 0.352 e. The molecular weight excluding hydrogens is 474 g/mol. The normalized spacial score (nSPS) is 15.2. The number of nitrogens with zero attached hydrogens (tertiary/aromatic N) is 2. The van der Waals surface area contributed by atoms with Crippen LogP contribution in [0.5, 0.6) is 0 Å². The molecule has 1 aliphatic rings. The number of hydrogen-bond donors (Lipinski definition) is 1. The summed E-state index contributed by atoms with van der Waals surface area (Å²) in [6.45, 7) is 2.46. The standard InChI is InChI=1S/C28H39N3O4S/c1-3-26(28(33)29-24-16-9-5-10-17-24)30(22-23-14-7-4-8-15-23)27(32)20-13-21-31(36(2,34)35)25-18-11-6-12-19-25/h4,6-8,11-12,14-15,18-19,24,26H,3,5,9-10,13,16-17,20-22H2,1-2H3,(H,29,33)/t26-/m0/s1. The topological polar surface area (TPSA) is 86.8 Å². The molecule has 0 aromatic heterocycles. The van der Waals surface area contributed by atoms with E-state index >= 15 is 0 Å². The van der Waals surface area contributed by atoms with Gasteiger partial charge in [0.15, 0.2) is 0 Å². The van der Waals surface area contributed by atoms with Crippen LogP contribution in [0, 0.1) is 0 Å². The van der Waals surface area contributed by atoms with Crippen molar-refractivity contribution < 1.29 is 18.0 Å². The molecule has 36 heavy (non-hydrogen) atoms. The van der Waals surface area contributed by atoms with Gasteiger partial charge in [-0.1, -0.05) is 74.7 Å². The fraction of sp³-hybridized carbons (Fsp3) is 0.500. The van der Waals surface area contributed by atoms with Gasteiger partial charge in [-0.3, -0.25) is 13.9 Å². The molecule has 0 spiro atoms. The van der Waals surface area contributed by atoms with Crippen molar-refractivity contribution >= 4 is 27.5 Å². The van der Waals surface area contributed by atoms with Crippen molar-refractivity contribution in [3.63, 3.8) is 0 Å². The van der Waals surface area contributed by atoms with Gasteiger partial charge in [0.2, 0.25) is 21.8 Å². The van der Waals surface area contributed by atoms with E-state index in [-0.39, 0.29) is 30.8 Å². The molecule has 2 aromatic carbocycles. The van der Waals surface area contributed by atoms with Crippen LogP contribution in [0.4, 0.5) is 5.69 Å². The third-order valence-electron chi connectivity index (χ3n) is 6.73. The van der Waals surface area contributed by atoms with Gasteiger partial charge in [-0.15, -0.1) is 0 Å². The fourth-order valence-corrected chi connectivity index (χ4v) is 5.81. The van der Waals surface area contributed by atoms with Gasteiger partial charge in [0.05, 0.1) is 11.9 Å². The molecule has 1 aliphatic carbocycles. The summed E-state index contributed by atoms with van der Waals surface area (Å²) in [5, 5.41) is 3.19. The lowest BCUT2D eigenvalue weighted by Crippen LogP contribution is -2.51. The second-order valence-electron chi connectivity index (χ2n) is 9.55. The lowest BCUT2D eigenvalue weighted by atomic mass is 9.95. The van der Waals surface area contributed by atoms with Gasteiger partial charge in [-0.2, -0.15) is 0 Å². The number of rotatable bonds is 12. The maximum Gasteiger partial charge on any atom is 0.243 e. The number of sulfonamides is 1. The van der Waals surface area contributed by atoms with Gasteiger partial charge in [-0.25, -0.2) is 8.42 Å². The molecule has 0 saturated heterocycles. The van der Waals surface area contributed by atoms with Crippen LogP contribution < -0.4 is 9.62 Å². The van der Waals surface area contributed by atoms with Crippen molar-refractivity contribution in [2.45, 2.75) is 76.9 Å². The SMILES string of the molecule is CC[C@@H](C(=O)NC1CCCCC1)N(Cc1ccccc1)C(=O)CCCN(c1ccccc1)S(C)(=O)=O. The van der Waals surface area contributed by atoms with Crippen LogP contribution in [0.1, 0.15) is 63.9 Å². The highest BCUT2D eigenvalue weighted by molar-refractivity contribution is 7.92. The summed E-state index contributed by atoms with van der Waals surface area (Å²) in [5.74, 6) is -0.248. The Bertz CT molecular complexity index is 1070. The average molecular weight is 514 g/mol. The molecule has 2 aromatic rings. The Kier molecular flexibility index (Phi) is 10.3. The van der Waals surface area contributed by atoms with Crippen molar-refractivity contribution in [1.29, 1.82) is 0 Å². The van der Waals surface area contributed by atoms with Crippen LogP contribution >= 0.6 is 0 Å². The van der Waals surface area contributed by atoms with Gasteiger partial charge >= 0.3 is 0 Å². The number of benzene rings is 2. The van der Waals surface area contributed by atoms with Gasteiger partial charge in [-0.05, 0) is 43.4 Å². The molecule has 1 N–H and O–H groups in total. The summed E-state index contributed by atoms with van der Waals surface area (Å²) in [6.07, 6.45) is 7.59. The Hall–Kier alpha value is -2.87. The lowest BCUT2D eigenvalue weighted by Gasteiger charge is -2.33. The van der Waals surface area contributed by atoms with Crippen LogP contribution in [0.3, 0.4) is 0 Å². The molecule has 0 bridgehead atoms. The third kappa shape index (κ3) is 8.08. The van der Waals surface area contributed by atoms with Crippen LogP contribution in [0.25, 0.3) is 0 Å². The highest BCUT2D eigenvalue weighted by atomic mass is 32.2. The Morgan fingerprint density at radius 2 is 1.58 bits per heavy atom. The molecule has 7 nitrogen and oxygen atoms in total. The molecule has 0 unspecified atom stereocenters. The van der Waals surface area contributed by atoms with E-state index in [1.165, 1.54) is 17.0 Å². The maximum atomic E-state index is 13.5. The van der Waals surface area contributed by atoms with Crippen LogP contribution in [0.2, 0.25) is 0 Å². The Morgan fingerprint density at radius 3 is 2.17 bits per heavy atom. The fourth-order valence-electron chi connectivity index (χ4n) is 4.84. The van der Waals surface area contributed by atoms with E-state index in [0.717, 1.165) is 31.2 Å². The van der Waals surface area contributed by atoms with E-state index in [1.54, 1.807) is 29.2 Å². The minimum absolute atomic E-state index is 0.101. The predicted octanol–water partition coefficient (Wildman–Crippen LogP) is 4.49. The van der Waals surface area contributed by atoms with Crippen molar-refractivity contribution in [1.82, 2.24) is 10.2 Å². The summed E-state index contributed by atoms with van der Waals surface area (Å²) >= 11 is 0. The predicted molar refractivity (Wildman–Crippen MR) is 144 cm³/mol. The van der Waals surface area contributed by atoms with E-state index in [4.69, 9.17) is 0 Å². The van der Waals surface area contributed by atoms with E-state index in [9.17, 15) is 18.0 Å². The Morgan fingerprint density at radius 1 is 0.972 bits per heavy atom. The van der Waals surface area contributed by atoms with Crippen LogP contribution in [-0.2, 0) is 26.2 Å². The number of amides is 2. The van der Waals surface area contributed by atoms with E-state index in [1.807, 2.05) is 43.3 Å². The van der Waals surface area contributed by atoms with Crippen LogP contribution in [0.15, 0.2) is 60.7 Å². The lowest BCUT2D eigenvalue weighted by molar-refractivity contribution is -0.141. The highest BCUT2D eigenvalue weighted by Gasteiger charge is 2.30. The zero-order chi connectivity index (χ0) is 26.0. The molecule has 1 fully saturated rings. The summed E-state index contributed by atoms with van der Waals surface area (Å²) in [7, 11) is -3.49. The molecule has 0 aliphatic heterocycles. The van der Waals surface area contributed by atoms with Gasteiger partial charge in [0.1, 0.15) is 6.04 Å².